The molecule has 0 unspecified atom stereocenters. The lowest BCUT2D eigenvalue weighted by Crippen LogP contribution is -2.57. The fraction of sp³-hybridized carbons (Fsp3) is 0.500. The van der Waals surface area contributed by atoms with E-state index in [1.165, 1.54) is 4.90 Å². The number of hydrogen-bond acceptors (Lipinski definition) is 5. The molecule has 4 N–H and O–H groups in total. The Morgan fingerprint density at radius 2 is 2.05 bits per heavy atom. The van der Waals surface area contributed by atoms with Crippen molar-refractivity contribution in [2.45, 2.75) is 31.2 Å². The highest BCUT2D eigenvalue weighted by Gasteiger charge is 2.39. The van der Waals surface area contributed by atoms with E-state index in [1.807, 2.05) is 0 Å². The number of nitrogens with zero attached hydrogens (tertiary/aromatic N) is 2. The first-order valence-corrected chi connectivity index (χ1v) is 5.90. The molecule has 0 spiro atoms. The van der Waals surface area contributed by atoms with E-state index in [9.17, 15) is 15.0 Å². The van der Waals surface area contributed by atoms with E-state index in [4.69, 9.17) is 5.73 Å². The van der Waals surface area contributed by atoms with Crippen LogP contribution < -0.4 is 5.73 Å². The summed E-state index contributed by atoms with van der Waals surface area (Å²) in [6.07, 6.45) is 3.54. The maximum Gasteiger partial charge on any atom is 0.272 e. The fourth-order valence-corrected chi connectivity index (χ4v) is 2.12. The Labute approximate surface area is 129 Å². The Morgan fingerprint density at radius 1 is 1.45 bits per heavy atom. The smallest absolute Gasteiger partial charge is 0.272 e. The largest absolute Gasteiger partial charge is 0.374 e. The molecule has 2 rings (SSSR count). The number of pyridine rings is 1. The highest BCUT2D eigenvalue weighted by atomic mass is 35.5. The van der Waals surface area contributed by atoms with Gasteiger partial charge in [0, 0.05) is 25.4 Å². The molecule has 0 bridgehead atoms. The minimum Gasteiger partial charge on any atom is -0.374 e. The minimum atomic E-state index is -1.99. The number of nitrogens with two attached hydrogens (primary N) is 1. The van der Waals surface area contributed by atoms with Gasteiger partial charge in [-0.25, -0.2) is 0 Å². The third kappa shape index (κ3) is 4.29. The molecule has 2 heterocycles. The van der Waals surface area contributed by atoms with Crippen molar-refractivity contribution in [3.05, 3.63) is 30.1 Å². The van der Waals surface area contributed by atoms with Gasteiger partial charge in [0.15, 0.2) is 5.72 Å². The van der Waals surface area contributed by atoms with Gasteiger partial charge in [0.25, 0.3) is 5.91 Å². The fourth-order valence-electron chi connectivity index (χ4n) is 2.12. The van der Waals surface area contributed by atoms with E-state index in [0.717, 1.165) is 12.0 Å². The van der Waals surface area contributed by atoms with Gasteiger partial charge in [-0.15, -0.1) is 24.8 Å². The van der Waals surface area contributed by atoms with E-state index in [0.29, 0.717) is 13.0 Å². The van der Waals surface area contributed by atoms with Crippen molar-refractivity contribution in [2.75, 3.05) is 6.54 Å². The van der Waals surface area contributed by atoms with Crippen molar-refractivity contribution in [1.82, 2.24) is 9.88 Å². The molecule has 1 aliphatic rings. The van der Waals surface area contributed by atoms with Crippen LogP contribution in [0.1, 0.15) is 18.4 Å². The monoisotopic (exact) mass is 323 g/mol. The van der Waals surface area contributed by atoms with Crippen LogP contribution in [0.15, 0.2) is 24.5 Å². The molecule has 1 aromatic heterocycles. The molecule has 1 aromatic rings. The van der Waals surface area contributed by atoms with Gasteiger partial charge in [-0.3, -0.25) is 15.5 Å². The molecule has 0 saturated carbocycles. The van der Waals surface area contributed by atoms with E-state index in [2.05, 4.69) is 4.98 Å². The summed E-state index contributed by atoms with van der Waals surface area (Å²) in [5, 5.41) is 19.7. The van der Waals surface area contributed by atoms with Crippen LogP contribution in [0.3, 0.4) is 0 Å². The normalized spacial score (nSPS) is 20.6. The molecule has 2 atom stereocenters. The van der Waals surface area contributed by atoms with E-state index >= 15 is 0 Å². The van der Waals surface area contributed by atoms with E-state index in [1.54, 1.807) is 24.5 Å². The molecule has 20 heavy (non-hydrogen) atoms. The third-order valence-corrected chi connectivity index (χ3v) is 3.08. The minimum absolute atomic E-state index is 0. The van der Waals surface area contributed by atoms with Gasteiger partial charge in [0.2, 0.25) is 0 Å². The summed E-state index contributed by atoms with van der Waals surface area (Å²) in [6.45, 7) is 0.426. The molecule has 114 valence electrons. The number of carbonyl (C=O) groups excluding carboxylic acids is 1. The second kappa shape index (κ2) is 7.75. The summed E-state index contributed by atoms with van der Waals surface area (Å²) >= 11 is 0. The number of amides is 1. The SMILES string of the molecule is Cl.Cl.N[C@@](O)(Cc1ccncc1)C(=O)N1CCC[C@H]1O. The number of halogens is 2. The highest BCUT2D eigenvalue weighted by molar-refractivity contribution is 5.86. The third-order valence-electron chi connectivity index (χ3n) is 3.08. The van der Waals surface area contributed by atoms with Crippen molar-refractivity contribution in [2.24, 2.45) is 5.73 Å². The van der Waals surface area contributed by atoms with Crippen LogP contribution >= 0.6 is 24.8 Å². The van der Waals surface area contributed by atoms with Crippen molar-refractivity contribution in [1.29, 1.82) is 0 Å². The second-order valence-electron chi connectivity index (χ2n) is 4.58. The van der Waals surface area contributed by atoms with E-state index in [-0.39, 0.29) is 31.2 Å². The predicted octanol–water partition coefficient (Wildman–Crippen LogP) is 0.0558. The van der Waals surface area contributed by atoms with Crippen LogP contribution in [0.25, 0.3) is 0 Å². The summed E-state index contributed by atoms with van der Waals surface area (Å²) in [5.41, 5.74) is 4.39. The van der Waals surface area contributed by atoms with Crippen LogP contribution in [0, 0.1) is 0 Å². The Hall–Kier alpha value is -0.920. The van der Waals surface area contributed by atoms with Crippen LogP contribution in [-0.4, -0.2) is 44.5 Å². The molecule has 6 nitrogen and oxygen atoms in total. The highest BCUT2D eigenvalue weighted by Crippen LogP contribution is 2.19. The molecular weight excluding hydrogens is 305 g/mol. The van der Waals surface area contributed by atoms with Gasteiger partial charge in [-0.05, 0) is 30.5 Å². The Morgan fingerprint density at radius 3 is 2.55 bits per heavy atom. The summed E-state index contributed by atoms with van der Waals surface area (Å²) in [6, 6.07) is 3.37. The second-order valence-corrected chi connectivity index (χ2v) is 4.58. The standard InChI is InChI=1S/C12H17N3O3.2ClH/c13-12(18,8-9-3-5-14-6-4-9)11(17)15-7-1-2-10(15)16;;/h3-6,10,16,18H,1-2,7-8,13H2;2*1H/t10-,12-;;/m1../s1. The average molecular weight is 324 g/mol. The van der Waals surface area contributed by atoms with Crippen LogP contribution in [-0.2, 0) is 11.2 Å². The topological polar surface area (TPSA) is 99.7 Å². The average Bonchev–Trinajstić information content (AvgIpc) is 2.75. The lowest BCUT2D eigenvalue weighted by Gasteiger charge is -2.29. The zero-order valence-electron chi connectivity index (χ0n) is 10.8. The first-order valence-electron chi connectivity index (χ1n) is 5.90. The number of carbonyl (C=O) groups is 1. The predicted molar refractivity (Wildman–Crippen MR) is 78.5 cm³/mol. The van der Waals surface area contributed by atoms with Crippen molar-refractivity contribution in [3.8, 4) is 0 Å². The number of hydrogen-bond donors (Lipinski definition) is 3. The van der Waals surface area contributed by atoms with Gasteiger partial charge in [-0.2, -0.15) is 0 Å². The number of aromatic nitrogens is 1. The number of rotatable bonds is 3. The van der Waals surface area contributed by atoms with Gasteiger partial charge >= 0.3 is 0 Å². The molecular formula is C12H19Cl2N3O3. The lowest BCUT2D eigenvalue weighted by atomic mass is 10.0. The quantitative estimate of drug-likeness (QED) is 0.683. The molecule has 0 aromatic carbocycles. The zero-order chi connectivity index (χ0) is 13.2. The van der Waals surface area contributed by atoms with Crippen molar-refractivity contribution < 1.29 is 15.0 Å². The molecule has 0 radical (unpaired) electrons. The number of aliphatic hydroxyl groups excluding tert-OH is 1. The maximum atomic E-state index is 12.1. The molecule has 0 aliphatic carbocycles. The maximum absolute atomic E-state index is 12.1. The molecule has 1 aliphatic heterocycles. The van der Waals surface area contributed by atoms with Gasteiger partial charge < -0.3 is 15.1 Å². The molecule has 8 heteroatoms. The zero-order valence-corrected chi connectivity index (χ0v) is 12.4. The summed E-state index contributed by atoms with van der Waals surface area (Å²) in [7, 11) is 0. The summed E-state index contributed by atoms with van der Waals surface area (Å²) in [5.74, 6) is -0.635. The van der Waals surface area contributed by atoms with Gasteiger partial charge in [0.05, 0.1) is 0 Å². The van der Waals surface area contributed by atoms with Gasteiger partial charge in [-0.1, -0.05) is 0 Å². The van der Waals surface area contributed by atoms with Gasteiger partial charge in [0.1, 0.15) is 6.23 Å². The first-order chi connectivity index (χ1) is 8.50. The summed E-state index contributed by atoms with van der Waals surface area (Å²) < 4.78 is 0. The van der Waals surface area contributed by atoms with Crippen LogP contribution in [0.4, 0.5) is 0 Å². The lowest BCUT2D eigenvalue weighted by molar-refractivity contribution is -0.157. The summed E-state index contributed by atoms with van der Waals surface area (Å²) in [4.78, 5) is 17.1. The first kappa shape index (κ1) is 19.1. The molecule has 1 fully saturated rings. The Bertz CT molecular complexity index is 431. The Kier molecular flexibility index (Phi) is 7.40. The molecule has 1 amide bonds. The van der Waals surface area contributed by atoms with Crippen molar-refractivity contribution >= 4 is 30.7 Å². The van der Waals surface area contributed by atoms with E-state index < -0.39 is 17.9 Å². The number of likely N-dealkylation sites (tertiary alicyclic amines) is 1. The Balaban J connectivity index is 0.00000180. The van der Waals surface area contributed by atoms with Crippen LogP contribution in [0.2, 0.25) is 0 Å². The number of aliphatic hydroxyl groups is 2. The van der Waals surface area contributed by atoms with Crippen LogP contribution in [0.5, 0.6) is 0 Å². The molecule has 1 saturated heterocycles. The van der Waals surface area contributed by atoms with Crippen molar-refractivity contribution in [3.63, 3.8) is 0 Å².